The van der Waals surface area contributed by atoms with Crippen molar-refractivity contribution in [2.75, 3.05) is 12.4 Å². The van der Waals surface area contributed by atoms with Gasteiger partial charge in [-0.3, -0.25) is 19.5 Å². The Balaban J connectivity index is 1.52. The monoisotopic (exact) mass is 720 g/mol. The number of nitrogens with one attached hydrogen (secondary N) is 3. The molecule has 0 radical (unpaired) electrons. The lowest BCUT2D eigenvalue weighted by Gasteiger charge is -2.20. The maximum absolute atomic E-state index is 13.5. The second-order valence-electron chi connectivity index (χ2n) is 12.7. The number of phenols is 1. The quantitative estimate of drug-likeness (QED) is 0.0609. The Bertz CT molecular complexity index is 2000. The summed E-state index contributed by atoms with van der Waals surface area (Å²) in [6.45, 7) is 9.76. The van der Waals surface area contributed by atoms with Crippen molar-refractivity contribution < 1.29 is 19.7 Å². The topological polar surface area (TPSA) is 163 Å². The van der Waals surface area contributed by atoms with Crippen molar-refractivity contribution in [2.45, 2.75) is 54.1 Å². The lowest BCUT2D eigenvalue weighted by molar-refractivity contribution is 0.0963. The molecule has 0 saturated carbocycles. The number of anilines is 1. The standard InChI is InChI=1S/C37H42Cl2N6O5/c1-21-11-12-23(34(47)41-6)16-28(21)45-22(2)15-30(33(39)35(45)48)50-20-25-10-8-7-9-24(25)19-42-36(49)44-32(18-31(40)37(3,4)5)43-26-13-14-27(38)29(46)17-26/h7-18,36,42,46,49H,19-20,40H2,1-6H3,(H,41,47)(H,43,44). The molecule has 0 aliphatic carbocycles. The highest BCUT2D eigenvalue weighted by atomic mass is 35.5. The average molecular weight is 722 g/mol. The predicted molar refractivity (Wildman–Crippen MR) is 199 cm³/mol. The Kier molecular flexibility index (Phi) is 12.4. The number of aliphatic hydroxyl groups is 1. The van der Waals surface area contributed by atoms with E-state index >= 15 is 0 Å². The summed E-state index contributed by atoms with van der Waals surface area (Å²) in [6.07, 6.45) is 0.282. The Morgan fingerprint density at radius 3 is 2.42 bits per heavy atom. The van der Waals surface area contributed by atoms with E-state index in [9.17, 15) is 19.8 Å². The second kappa shape index (κ2) is 16.3. The Hall–Kier alpha value is -4.81. The number of hydrogen-bond acceptors (Lipinski definition) is 8. The lowest BCUT2D eigenvalue weighted by atomic mass is 9.92. The molecular weight excluding hydrogens is 679 g/mol. The van der Waals surface area contributed by atoms with Crippen LogP contribution >= 0.6 is 23.2 Å². The Labute approximate surface area is 301 Å². The van der Waals surface area contributed by atoms with E-state index in [-0.39, 0.29) is 51.9 Å². The van der Waals surface area contributed by atoms with Crippen LogP contribution in [0.5, 0.6) is 11.5 Å². The minimum Gasteiger partial charge on any atom is -0.506 e. The molecule has 1 aromatic heterocycles. The number of nitrogens with two attached hydrogens (primary N) is 1. The molecule has 1 atom stereocenters. The fourth-order valence-electron chi connectivity index (χ4n) is 4.83. The van der Waals surface area contributed by atoms with Gasteiger partial charge in [0.1, 0.15) is 29.0 Å². The van der Waals surface area contributed by atoms with Gasteiger partial charge in [0, 0.05) is 53.8 Å². The number of carbonyl (C=O) groups is 1. The van der Waals surface area contributed by atoms with Crippen LogP contribution < -0.4 is 32.0 Å². The molecule has 0 aliphatic rings. The Morgan fingerprint density at radius 2 is 1.76 bits per heavy atom. The van der Waals surface area contributed by atoms with Gasteiger partial charge in [-0.05, 0) is 60.9 Å². The first-order valence-corrected chi connectivity index (χ1v) is 16.5. The fourth-order valence-corrected chi connectivity index (χ4v) is 5.15. The van der Waals surface area contributed by atoms with Gasteiger partial charge in [-0.15, -0.1) is 0 Å². The highest BCUT2D eigenvalue weighted by Gasteiger charge is 2.18. The molecule has 0 fully saturated rings. The zero-order valence-corrected chi connectivity index (χ0v) is 30.3. The number of amides is 1. The number of aliphatic hydroxyl groups excluding tert-OH is 1. The number of aromatic hydroxyl groups is 1. The van der Waals surface area contributed by atoms with Crippen molar-refractivity contribution in [3.05, 3.63) is 127 Å². The normalized spacial score (nSPS) is 12.8. The van der Waals surface area contributed by atoms with Gasteiger partial charge in [-0.1, -0.05) is 74.3 Å². The van der Waals surface area contributed by atoms with Crippen molar-refractivity contribution in [1.82, 2.24) is 15.2 Å². The van der Waals surface area contributed by atoms with E-state index in [0.29, 0.717) is 28.3 Å². The predicted octanol–water partition coefficient (Wildman–Crippen LogP) is 6.17. The largest absolute Gasteiger partial charge is 0.506 e. The first-order valence-electron chi connectivity index (χ1n) is 15.8. The summed E-state index contributed by atoms with van der Waals surface area (Å²) in [5.74, 6) is 0.0894. The van der Waals surface area contributed by atoms with Gasteiger partial charge in [0.2, 0.25) is 6.35 Å². The number of ether oxygens (including phenoxy) is 1. The van der Waals surface area contributed by atoms with E-state index in [1.54, 1.807) is 50.4 Å². The fraction of sp³-hybridized carbons (Fsp3) is 0.270. The summed E-state index contributed by atoms with van der Waals surface area (Å²) in [4.78, 5) is 30.1. The summed E-state index contributed by atoms with van der Waals surface area (Å²) in [7, 11) is 1.54. The number of amidine groups is 1. The zero-order valence-electron chi connectivity index (χ0n) is 28.8. The van der Waals surface area contributed by atoms with Gasteiger partial charge in [-0.2, -0.15) is 0 Å². The number of phenolic OH excluding ortho intramolecular Hbond substituents is 1. The van der Waals surface area contributed by atoms with Crippen LogP contribution in [0.3, 0.4) is 0 Å². The second-order valence-corrected chi connectivity index (χ2v) is 13.4. The number of carbonyl (C=O) groups excluding carboxylic acids is 1. The van der Waals surface area contributed by atoms with Gasteiger partial charge in [0.05, 0.1) is 10.7 Å². The van der Waals surface area contributed by atoms with Gasteiger partial charge >= 0.3 is 0 Å². The molecule has 4 rings (SSSR count). The summed E-state index contributed by atoms with van der Waals surface area (Å²) in [5, 5.41) is 29.7. The molecule has 1 amide bonds. The minimum absolute atomic E-state index is 0.0860. The number of aliphatic imine (C=N–C) groups is 1. The minimum atomic E-state index is -1.34. The summed E-state index contributed by atoms with van der Waals surface area (Å²) < 4.78 is 7.53. The highest BCUT2D eigenvalue weighted by Crippen LogP contribution is 2.28. The zero-order chi connectivity index (χ0) is 36.7. The molecule has 0 spiro atoms. The van der Waals surface area contributed by atoms with Crippen LogP contribution in [0.1, 0.15) is 53.5 Å². The smallest absolute Gasteiger partial charge is 0.277 e. The van der Waals surface area contributed by atoms with Crippen molar-refractivity contribution in [3.63, 3.8) is 0 Å². The number of nitrogens with zero attached hydrogens (tertiary/aromatic N) is 2. The molecular formula is C37H42Cl2N6O5. The summed E-state index contributed by atoms with van der Waals surface area (Å²) in [5.41, 5.74) is 10.4. The van der Waals surface area contributed by atoms with E-state index in [1.807, 2.05) is 52.0 Å². The molecule has 7 N–H and O–H groups in total. The number of pyridine rings is 1. The molecule has 3 aromatic carbocycles. The molecule has 4 aromatic rings. The summed E-state index contributed by atoms with van der Waals surface area (Å²) in [6, 6.07) is 18.9. The number of aromatic nitrogens is 1. The maximum atomic E-state index is 13.5. The van der Waals surface area contributed by atoms with Crippen LogP contribution in [0.25, 0.3) is 5.69 Å². The first kappa shape index (κ1) is 38.0. The number of rotatable bonds is 11. The molecule has 0 aliphatic heterocycles. The molecule has 264 valence electrons. The molecule has 13 heteroatoms. The number of allylic oxidation sites excluding steroid dienone is 1. The van der Waals surface area contributed by atoms with Crippen LogP contribution in [0, 0.1) is 19.3 Å². The van der Waals surface area contributed by atoms with Crippen LogP contribution in [0.15, 0.2) is 88.3 Å². The van der Waals surface area contributed by atoms with Crippen LogP contribution in [-0.2, 0) is 13.2 Å². The molecule has 11 nitrogen and oxygen atoms in total. The van der Waals surface area contributed by atoms with Gasteiger partial charge < -0.3 is 31.3 Å². The van der Waals surface area contributed by atoms with Gasteiger partial charge in [0.15, 0.2) is 0 Å². The number of halogens is 2. The summed E-state index contributed by atoms with van der Waals surface area (Å²) >= 11 is 12.5. The van der Waals surface area contributed by atoms with Gasteiger partial charge in [0.25, 0.3) is 11.5 Å². The number of benzene rings is 3. The average Bonchev–Trinajstić information content (AvgIpc) is 3.06. The third-order valence-electron chi connectivity index (χ3n) is 7.85. The highest BCUT2D eigenvalue weighted by molar-refractivity contribution is 6.32. The third-order valence-corrected chi connectivity index (χ3v) is 8.52. The van der Waals surface area contributed by atoms with Crippen molar-refractivity contribution in [1.29, 1.82) is 0 Å². The number of aryl methyl sites for hydroxylation is 2. The maximum Gasteiger partial charge on any atom is 0.277 e. The van der Waals surface area contributed by atoms with Crippen molar-refractivity contribution in [3.8, 4) is 17.2 Å². The van der Waals surface area contributed by atoms with Crippen LogP contribution in [0.2, 0.25) is 10.0 Å². The van der Waals surface area contributed by atoms with E-state index in [4.69, 9.17) is 33.7 Å². The van der Waals surface area contributed by atoms with Gasteiger partial charge in [-0.25, -0.2) is 4.99 Å². The van der Waals surface area contributed by atoms with E-state index in [2.05, 4.69) is 20.9 Å². The van der Waals surface area contributed by atoms with E-state index < -0.39 is 11.9 Å². The van der Waals surface area contributed by atoms with Crippen molar-refractivity contribution in [2.24, 2.45) is 16.1 Å². The molecule has 50 heavy (non-hydrogen) atoms. The molecule has 1 heterocycles. The number of hydrogen-bond donors (Lipinski definition) is 6. The Morgan fingerprint density at radius 1 is 1.06 bits per heavy atom. The van der Waals surface area contributed by atoms with Crippen molar-refractivity contribution >= 4 is 40.6 Å². The third kappa shape index (κ3) is 9.45. The molecule has 0 saturated heterocycles. The lowest BCUT2D eigenvalue weighted by Crippen LogP contribution is -2.30. The van der Waals surface area contributed by atoms with Crippen LogP contribution in [0.4, 0.5) is 5.69 Å². The van der Waals surface area contributed by atoms with E-state index in [1.165, 1.54) is 16.7 Å². The SMILES string of the molecule is CNC(=O)c1ccc(C)c(-n2c(C)cc(OCc3ccccc3CNC(O)N=C(C=C(N)C(C)(C)C)Nc3ccc(Cl)c(O)c3)c(Cl)c2=O)c1. The first-order chi connectivity index (χ1) is 23.6. The van der Waals surface area contributed by atoms with Crippen LogP contribution in [-0.4, -0.2) is 39.9 Å². The molecule has 1 unspecified atom stereocenters. The molecule has 0 bridgehead atoms. The van der Waals surface area contributed by atoms with E-state index in [0.717, 1.165) is 16.7 Å².